The van der Waals surface area contributed by atoms with E-state index in [0.717, 1.165) is 0 Å². The molecule has 0 radical (unpaired) electrons. The van der Waals surface area contributed by atoms with Crippen molar-refractivity contribution in [1.82, 2.24) is 9.97 Å². The number of carbonyl (C=O) groups is 1. The minimum atomic E-state index is -0.332. The minimum Gasteiger partial charge on any atom is -0.495 e. The number of Topliss-reactive ketones (excluding diaryl/α,β-unsaturated/α-hetero) is 1. The summed E-state index contributed by atoms with van der Waals surface area (Å²) in [6, 6.07) is 13.4. The van der Waals surface area contributed by atoms with Crippen LogP contribution in [0.4, 0.5) is 27.5 Å². The fraction of sp³-hybridized carbons (Fsp3) is 0.261. The van der Waals surface area contributed by atoms with E-state index >= 15 is 0 Å². The molecule has 0 fully saturated rings. The summed E-state index contributed by atoms with van der Waals surface area (Å²) in [5, 5.41) is 6.35. The van der Waals surface area contributed by atoms with Crippen molar-refractivity contribution >= 4 is 28.9 Å². The van der Waals surface area contributed by atoms with E-state index in [1.54, 1.807) is 19.2 Å². The number of para-hydroxylation sites is 2. The summed E-state index contributed by atoms with van der Waals surface area (Å²) in [4.78, 5) is 22.1. The van der Waals surface area contributed by atoms with Crippen LogP contribution in [0.15, 0.2) is 48.5 Å². The summed E-state index contributed by atoms with van der Waals surface area (Å²) >= 11 is 0. The number of nitrogens with one attached hydrogen (secondary N) is 2. The first-order valence-electron chi connectivity index (χ1n) is 9.71. The second kappa shape index (κ2) is 7.74. The molecule has 0 unspecified atom stereocenters. The normalized spacial score (nSPS) is 14.7. The lowest BCUT2D eigenvalue weighted by Gasteiger charge is -2.30. The van der Waals surface area contributed by atoms with Crippen molar-refractivity contribution < 1.29 is 13.9 Å². The molecule has 4 rings (SSSR count). The van der Waals surface area contributed by atoms with E-state index in [0.29, 0.717) is 53.0 Å². The number of hydrogen-bond donors (Lipinski definition) is 2. The third-order valence-electron chi connectivity index (χ3n) is 5.01. The van der Waals surface area contributed by atoms with E-state index < -0.39 is 0 Å². The van der Waals surface area contributed by atoms with Crippen molar-refractivity contribution in [3.05, 3.63) is 65.6 Å². The highest BCUT2D eigenvalue weighted by molar-refractivity contribution is 6.03. The Morgan fingerprint density at radius 3 is 2.47 bits per heavy atom. The van der Waals surface area contributed by atoms with Gasteiger partial charge in [-0.25, -0.2) is 9.37 Å². The van der Waals surface area contributed by atoms with Gasteiger partial charge in [-0.2, -0.15) is 4.98 Å². The summed E-state index contributed by atoms with van der Waals surface area (Å²) in [5.41, 5.74) is 2.34. The summed E-state index contributed by atoms with van der Waals surface area (Å²) < 4.78 is 18.7. The number of ketones is 1. The number of hydrogen-bond acceptors (Lipinski definition) is 6. The van der Waals surface area contributed by atoms with E-state index in [1.165, 1.54) is 12.1 Å². The summed E-state index contributed by atoms with van der Waals surface area (Å²) in [6.07, 6.45) is 1.07. The SMILES string of the molecule is COc1ccccc1Nc1nc2c(c(Nc3ccc(F)cc3)n1)C(=O)CC(C)(C)C2. The van der Waals surface area contributed by atoms with Gasteiger partial charge in [0.2, 0.25) is 5.95 Å². The molecule has 2 N–H and O–H groups in total. The summed E-state index contributed by atoms with van der Waals surface area (Å²) in [6.45, 7) is 4.10. The molecule has 6 nitrogen and oxygen atoms in total. The van der Waals surface area contributed by atoms with Crippen molar-refractivity contribution in [3.63, 3.8) is 0 Å². The van der Waals surface area contributed by atoms with Gasteiger partial charge in [0.25, 0.3) is 0 Å². The summed E-state index contributed by atoms with van der Waals surface area (Å²) in [7, 11) is 1.59. The molecule has 0 amide bonds. The summed E-state index contributed by atoms with van der Waals surface area (Å²) in [5.74, 6) is 1.08. The molecular formula is C23H23FN4O2. The topological polar surface area (TPSA) is 76.1 Å². The van der Waals surface area contributed by atoms with Gasteiger partial charge < -0.3 is 15.4 Å². The first-order chi connectivity index (χ1) is 14.3. The van der Waals surface area contributed by atoms with E-state index in [1.807, 2.05) is 24.3 Å². The number of aromatic nitrogens is 2. The van der Waals surface area contributed by atoms with Gasteiger partial charge in [-0.3, -0.25) is 4.79 Å². The lowest BCUT2D eigenvalue weighted by Crippen LogP contribution is -2.29. The molecule has 0 spiro atoms. The molecule has 1 aliphatic rings. The molecule has 0 atom stereocenters. The molecule has 7 heteroatoms. The average Bonchev–Trinajstić information content (AvgIpc) is 2.68. The number of carbonyl (C=O) groups excluding carboxylic acids is 1. The largest absolute Gasteiger partial charge is 0.495 e. The lowest BCUT2D eigenvalue weighted by atomic mass is 9.75. The van der Waals surface area contributed by atoms with Crippen LogP contribution in [0.2, 0.25) is 0 Å². The van der Waals surface area contributed by atoms with Gasteiger partial charge in [-0.05, 0) is 48.2 Å². The van der Waals surface area contributed by atoms with Crippen molar-refractivity contribution in [1.29, 1.82) is 0 Å². The fourth-order valence-corrected chi connectivity index (χ4v) is 3.65. The van der Waals surface area contributed by atoms with E-state index in [9.17, 15) is 9.18 Å². The lowest BCUT2D eigenvalue weighted by molar-refractivity contribution is 0.0911. The first-order valence-corrected chi connectivity index (χ1v) is 9.71. The van der Waals surface area contributed by atoms with Gasteiger partial charge in [0.1, 0.15) is 17.4 Å². The van der Waals surface area contributed by atoms with Crippen LogP contribution in [0.3, 0.4) is 0 Å². The highest BCUT2D eigenvalue weighted by Crippen LogP contribution is 2.38. The minimum absolute atomic E-state index is 0.00490. The molecule has 0 saturated heterocycles. The predicted molar refractivity (Wildman–Crippen MR) is 114 cm³/mol. The molecule has 0 saturated carbocycles. The predicted octanol–water partition coefficient (Wildman–Crippen LogP) is 5.27. The van der Waals surface area contributed by atoms with Crippen LogP contribution in [0.1, 0.15) is 36.3 Å². The Hall–Kier alpha value is -3.48. The third-order valence-corrected chi connectivity index (χ3v) is 5.01. The van der Waals surface area contributed by atoms with Gasteiger partial charge in [0.05, 0.1) is 24.1 Å². The Morgan fingerprint density at radius 1 is 1.00 bits per heavy atom. The highest BCUT2D eigenvalue weighted by Gasteiger charge is 2.35. The van der Waals surface area contributed by atoms with Crippen LogP contribution in [-0.2, 0) is 6.42 Å². The number of nitrogens with zero attached hydrogens (tertiary/aromatic N) is 2. The maximum absolute atomic E-state index is 13.3. The zero-order valence-corrected chi connectivity index (χ0v) is 17.1. The number of anilines is 4. The van der Waals surface area contributed by atoms with Gasteiger partial charge in [0.15, 0.2) is 5.78 Å². The number of methoxy groups -OCH3 is 1. The van der Waals surface area contributed by atoms with Crippen LogP contribution < -0.4 is 15.4 Å². The van der Waals surface area contributed by atoms with E-state index in [4.69, 9.17) is 4.74 Å². The highest BCUT2D eigenvalue weighted by atomic mass is 19.1. The molecule has 0 bridgehead atoms. The van der Waals surface area contributed by atoms with Gasteiger partial charge in [0, 0.05) is 12.1 Å². The van der Waals surface area contributed by atoms with Crippen molar-refractivity contribution in [2.24, 2.45) is 5.41 Å². The molecule has 30 heavy (non-hydrogen) atoms. The maximum atomic E-state index is 13.3. The Labute approximate surface area is 174 Å². The van der Waals surface area contributed by atoms with Crippen LogP contribution in [0.25, 0.3) is 0 Å². The number of benzene rings is 2. The number of fused-ring (bicyclic) bond motifs is 1. The molecule has 1 aliphatic carbocycles. The first kappa shape index (κ1) is 19.8. The van der Waals surface area contributed by atoms with Crippen LogP contribution in [0.5, 0.6) is 5.75 Å². The monoisotopic (exact) mass is 406 g/mol. The van der Waals surface area contributed by atoms with Gasteiger partial charge in [-0.1, -0.05) is 26.0 Å². The van der Waals surface area contributed by atoms with Crippen LogP contribution in [0, 0.1) is 11.2 Å². The second-order valence-electron chi connectivity index (χ2n) is 8.12. The quantitative estimate of drug-likeness (QED) is 0.601. The standard InChI is InChI=1S/C23H23FN4O2/c1-23(2)12-17-20(18(29)13-23)21(25-15-10-8-14(24)9-11-15)28-22(27-17)26-16-6-4-5-7-19(16)30-3/h4-11H,12-13H2,1-3H3,(H2,25,26,27,28). The van der Waals surface area contributed by atoms with Gasteiger partial charge >= 0.3 is 0 Å². The number of halogens is 1. The molecular weight excluding hydrogens is 383 g/mol. The molecule has 1 aromatic heterocycles. The van der Waals surface area contributed by atoms with E-state index in [2.05, 4.69) is 34.4 Å². The molecule has 0 aliphatic heterocycles. The van der Waals surface area contributed by atoms with Crippen LogP contribution >= 0.6 is 0 Å². The Bertz CT molecular complexity index is 1100. The maximum Gasteiger partial charge on any atom is 0.229 e. The zero-order valence-electron chi connectivity index (χ0n) is 17.1. The van der Waals surface area contributed by atoms with Crippen LogP contribution in [-0.4, -0.2) is 22.9 Å². The zero-order chi connectivity index (χ0) is 21.3. The molecule has 1 heterocycles. The fourth-order valence-electron chi connectivity index (χ4n) is 3.65. The molecule has 154 valence electrons. The molecule has 2 aromatic carbocycles. The van der Waals surface area contributed by atoms with Gasteiger partial charge in [-0.15, -0.1) is 0 Å². The third kappa shape index (κ3) is 4.10. The smallest absolute Gasteiger partial charge is 0.229 e. The van der Waals surface area contributed by atoms with Crippen molar-refractivity contribution in [2.75, 3.05) is 17.7 Å². The second-order valence-corrected chi connectivity index (χ2v) is 8.12. The number of rotatable bonds is 5. The average molecular weight is 406 g/mol. The van der Waals surface area contributed by atoms with Crippen molar-refractivity contribution in [2.45, 2.75) is 26.7 Å². The Kier molecular flexibility index (Phi) is 5.11. The van der Waals surface area contributed by atoms with Crippen molar-refractivity contribution in [3.8, 4) is 5.75 Å². The number of ether oxygens (including phenoxy) is 1. The Morgan fingerprint density at radius 2 is 1.73 bits per heavy atom. The molecule has 3 aromatic rings. The van der Waals surface area contributed by atoms with E-state index in [-0.39, 0.29) is 17.0 Å². The Balaban J connectivity index is 1.78.